The van der Waals surface area contributed by atoms with Gasteiger partial charge in [0.25, 0.3) is 0 Å². The predicted octanol–water partition coefficient (Wildman–Crippen LogP) is 1.69. The van der Waals surface area contributed by atoms with Crippen molar-refractivity contribution in [1.29, 1.82) is 0 Å². The molecule has 0 saturated carbocycles. The molecule has 1 heterocycles. The Morgan fingerprint density at radius 2 is 2.18 bits per heavy atom. The molecule has 0 radical (unpaired) electrons. The Morgan fingerprint density at radius 3 is 2.91 bits per heavy atom. The maximum Gasteiger partial charge on any atom is 0.315 e. The van der Waals surface area contributed by atoms with Gasteiger partial charge < -0.3 is 20.3 Å². The molecule has 3 N–H and O–H groups in total. The van der Waals surface area contributed by atoms with Gasteiger partial charge in [0, 0.05) is 32.1 Å². The number of hydrogen-bond donors (Lipinski definition) is 3. The second kappa shape index (κ2) is 8.19. The number of aliphatic hydroxyl groups excluding tert-OH is 1. The van der Waals surface area contributed by atoms with Crippen LogP contribution in [0.2, 0.25) is 0 Å². The number of rotatable bonds is 7. The normalized spacial score (nSPS) is 11.9. The summed E-state index contributed by atoms with van der Waals surface area (Å²) in [5, 5.41) is 14.5. The van der Waals surface area contributed by atoms with Crippen molar-refractivity contribution in [3.05, 3.63) is 48.5 Å². The van der Waals surface area contributed by atoms with Gasteiger partial charge in [0.05, 0.1) is 12.0 Å². The van der Waals surface area contributed by atoms with Gasteiger partial charge in [-0.2, -0.15) is 0 Å². The molecular formula is C16H22N4O2. The lowest BCUT2D eigenvalue weighted by molar-refractivity contribution is 0.233. The number of carbonyl (C=O) groups excluding carboxylic acids is 1. The Bertz CT molecular complexity index is 584. The average molecular weight is 302 g/mol. The van der Waals surface area contributed by atoms with Gasteiger partial charge in [0.15, 0.2) is 0 Å². The number of amides is 2. The number of aliphatic hydroxyl groups is 1. The number of carbonyl (C=O) groups is 1. The van der Waals surface area contributed by atoms with E-state index >= 15 is 0 Å². The van der Waals surface area contributed by atoms with Crippen molar-refractivity contribution in [3.8, 4) is 5.69 Å². The molecule has 2 rings (SSSR count). The van der Waals surface area contributed by atoms with Crippen LogP contribution in [0.4, 0.5) is 4.79 Å². The highest BCUT2D eigenvalue weighted by Gasteiger charge is 2.07. The molecule has 0 saturated heterocycles. The summed E-state index contributed by atoms with van der Waals surface area (Å²) in [6.07, 6.45) is 6.01. The first-order chi connectivity index (χ1) is 10.7. The van der Waals surface area contributed by atoms with E-state index in [1.165, 1.54) is 0 Å². The fourth-order valence-electron chi connectivity index (χ4n) is 2.14. The first-order valence-corrected chi connectivity index (χ1v) is 7.39. The monoisotopic (exact) mass is 302 g/mol. The van der Waals surface area contributed by atoms with Crippen LogP contribution in [0.15, 0.2) is 43.0 Å². The third kappa shape index (κ3) is 4.60. The van der Waals surface area contributed by atoms with E-state index in [0.717, 1.165) is 11.3 Å². The fraction of sp³-hybridized carbons (Fsp3) is 0.375. The summed E-state index contributed by atoms with van der Waals surface area (Å²) in [4.78, 5) is 15.9. The van der Waals surface area contributed by atoms with Crippen molar-refractivity contribution < 1.29 is 9.90 Å². The van der Waals surface area contributed by atoms with Crippen molar-refractivity contribution in [2.24, 2.45) is 5.92 Å². The molecule has 0 aliphatic carbocycles. The summed E-state index contributed by atoms with van der Waals surface area (Å²) in [5.41, 5.74) is 2.01. The summed E-state index contributed by atoms with van der Waals surface area (Å²) in [7, 11) is 0. The molecule has 1 atom stereocenters. The lowest BCUT2D eigenvalue weighted by Crippen LogP contribution is -2.37. The SMILES string of the molecule is CC(CCO)CNC(=O)NCc1ccccc1-n1ccnc1. The lowest BCUT2D eigenvalue weighted by atomic mass is 10.1. The molecule has 2 amide bonds. The Morgan fingerprint density at radius 1 is 1.36 bits per heavy atom. The molecule has 2 aromatic rings. The van der Waals surface area contributed by atoms with Crippen LogP contribution in [-0.2, 0) is 6.54 Å². The van der Waals surface area contributed by atoms with E-state index in [1.807, 2.05) is 42.0 Å². The quantitative estimate of drug-likeness (QED) is 0.728. The second-order valence-corrected chi connectivity index (χ2v) is 5.28. The highest BCUT2D eigenvalue weighted by molar-refractivity contribution is 5.73. The number of hydrogen-bond acceptors (Lipinski definition) is 3. The zero-order chi connectivity index (χ0) is 15.8. The van der Waals surface area contributed by atoms with Crippen molar-refractivity contribution in [3.63, 3.8) is 0 Å². The molecular weight excluding hydrogens is 280 g/mol. The highest BCUT2D eigenvalue weighted by atomic mass is 16.3. The van der Waals surface area contributed by atoms with Crippen molar-refractivity contribution in [2.75, 3.05) is 13.2 Å². The van der Waals surface area contributed by atoms with Crippen molar-refractivity contribution in [1.82, 2.24) is 20.2 Å². The smallest absolute Gasteiger partial charge is 0.315 e. The molecule has 118 valence electrons. The van der Waals surface area contributed by atoms with Gasteiger partial charge >= 0.3 is 6.03 Å². The van der Waals surface area contributed by atoms with Gasteiger partial charge in [-0.1, -0.05) is 25.1 Å². The Hall–Kier alpha value is -2.34. The maximum absolute atomic E-state index is 11.8. The van der Waals surface area contributed by atoms with E-state index in [1.54, 1.807) is 12.5 Å². The zero-order valence-corrected chi connectivity index (χ0v) is 12.7. The average Bonchev–Trinajstić information content (AvgIpc) is 3.06. The molecule has 0 aliphatic heterocycles. The van der Waals surface area contributed by atoms with Crippen molar-refractivity contribution >= 4 is 6.03 Å². The second-order valence-electron chi connectivity index (χ2n) is 5.28. The predicted molar refractivity (Wildman–Crippen MR) is 84.7 cm³/mol. The molecule has 6 nitrogen and oxygen atoms in total. The summed E-state index contributed by atoms with van der Waals surface area (Å²) >= 11 is 0. The number of imidazole rings is 1. The summed E-state index contributed by atoms with van der Waals surface area (Å²) < 4.78 is 1.91. The van der Waals surface area contributed by atoms with Gasteiger partial charge in [-0.3, -0.25) is 0 Å². The van der Waals surface area contributed by atoms with Crippen LogP contribution in [0.5, 0.6) is 0 Å². The fourth-order valence-corrected chi connectivity index (χ4v) is 2.14. The molecule has 0 bridgehead atoms. The molecule has 22 heavy (non-hydrogen) atoms. The van der Waals surface area contributed by atoms with Crippen LogP contribution < -0.4 is 10.6 Å². The maximum atomic E-state index is 11.8. The Labute approximate surface area is 130 Å². The minimum absolute atomic E-state index is 0.142. The first-order valence-electron chi connectivity index (χ1n) is 7.39. The Balaban J connectivity index is 1.88. The van der Waals surface area contributed by atoms with E-state index in [2.05, 4.69) is 15.6 Å². The van der Waals surface area contributed by atoms with Gasteiger partial charge in [-0.05, 0) is 24.0 Å². The first kappa shape index (κ1) is 16.0. The molecule has 0 spiro atoms. The molecule has 1 unspecified atom stereocenters. The number of para-hydroxylation sites is 1. The number of nitrogens with one attached hydrogen (secondary N) is 2. The van der Waals surface area contributed by atoms with Gasteiger partial charge in [-0.15, -0.1) is 0 Å². The highest BCUT2D eigenvalue weighted by Crippen LogP contribution is 2.13. The Kier molecular flexibility index (Phi) is 5.97. The minimum atomic E-state index is -0.203. The zero-order valence-electron chi connectivity index (χ0n) is 12.7. The van der Waals surface area contributed by atoms with Crippen LogP contribution in [-0.4, -0.2) is 33.8 Å². The van der Waals surface area contributed by atoms with Crippen LogP contribution >= 0.6 is 0 Å². The third-order valence-electron chi connectivity index (χ3n) is 3.45. The molecule has 0 aliphatic rings. The van der Waals surface area contributed by atoms with Crippen LogP contribution in [0.3, 0.4) is 0 Å². The van der Waals surface area contributed by atoms with E-state index in [-0.39, 0.29) is 18.6 Å². The molecule has 0 fully saturated rings. The standard InChI is InChI=1S/C16H22N4O2/c1-13(6-9-21)10-18-16(22)19-11-14-4-2-3-5-15(14)20-8-7-17-12-20/h2-5,7-8,12-13,21H,6,9-11H2,1H3,(H2,18,19,22). The van der Waals surface area contributed by atoms with Crippen LogP contribution in [0, 0.1) is 5.92 Å². The molecule has 1 aromatic heterocycles. The topological polar surface area (TPSA) is 79.2 Å². The van der Waals surface area contributed by atoms with Crippen LogP contribution in [0.1, 0.15) is 18.9 Å². The number of urea groups is 1. The summed E-state index contributed by atoms with van der Waals surface area (Å²) in [5.74, 6) is 0.258. The number of aromatic nitrogens is 2. The van der Waals surface area contributed by atoms with Crippen LogP contribution in [0.25, 0.3) is 5.69 Å². The van der Waals surface area contributed by atoms with E-state index in [0.29, 0.717) is 19.5 Å². The number of benzene rings is 1. The number of nitrogens with zero attached hydrogens (tertiary/aromatic N) is 2. The van der Waals surface area contributed by atoms with E-state index in [9.17, 15) is 4.79 Å². The minimum Gasteiger partial charge on any atom is -0.396 e. The summed E-state index contributed by atoms with van der Waals surface area (Å²) in [6, 6.07) is 7.66. The van der Waals surface area contributed by atoms with Crippen molar-refractivity contribution in [2.45, 2.75) is 19.9 Å². The largest absolute Gasteiger partial charge is 0.396 e. The molecule has 6 heteroatoms. The van der Waals surface area contributed by atoms with Gasteiger partial charge in [0.1, 0.15) is 0 Å². The van der Waals surface area contributed by atoms with E-state index < -0.39 is 0 Å². The van der Waals surface area contributed by atoms with E-state index in [4.69, 9.17) is 5.11 Å². The van der Waals surface area contributed by atoms with Gasteiger partial charge in [0.2, 0.25) is 0 Å². The molecule has 1 aromatic carbocycles. The van der Waals surface area contributed by atoms with Gasteiger partial charge in [-0.25, -0.2) is 9.78 Å². The summed E-state index contributed by atoms with van der Waals surface area (Å²) in [6.45, 7) is 3.12. The third-order valence-corrected chi connectivity index (χ3v) is 3.45. The lowest BCUT2D eigenvalue weighted by Gasteiger charge is -2.14.